The third-order valence-electron chi connectivity index (χ3n) is 1.56. The molecule has 1 atom stereocenters. The van der Waals surface area contributed by atoms with Crippen molar-refractivity contribution in [1.29, 1.82) is 0 Å². The Kier molecular flexibility index (Phi) is 4.23. The van der Waals surface area contributed by atoms with Crippen LogP contribution in [0.4, 0.5) is 0 Å². The van der Waals surface area contributed by atoms with E-state index in [1.807, 2.05) is 12.1 Å². The molecule has 0 aliphatic carbocycles. The van der Waals surface area contributed by atoms with Crippen molar-refractivity contribution in [2.75, 3.05) is 0 Å². The molecule has 0 fully saturated rings. The molecule has 0 aliphatic rings. The molecule has 1 nitrogen and oxygen atoms in total. The van der Waals surface area contributed by atoms with E-state index < -0.39 is 5.38 Å². The van der Waals surface area contributed by atoms with Crippen LogP contribution in [0.3, 0.4) is 0 Å². The van der Waals surface area contributed by atoms with E-state index in [2.05, 4.69) is 15.9 Å². The lowest BCUT2D eigenvalue weighted by Crippen LogP contribution is -2.03. The summed E-state index contributed by atoms with van der Waals surface area (Å²) in [5, 5.41) is 0.157. The van der Waals surface area contributed by atoms with Crippen molar-refractivity contribution < 1.29 is 4.79 Å². The number of carbonyl (C=O) groups excluding carboxylic acids is 1. The maximum Gasteiger partial charge on any atom is 0.138 e. The molecule has 0 saturated heterocycles. The van der Waals surface area contributed by atoms with E-state index in [4.69, 9.17) is 23.2 Å². The molecule has 70 valence electrons. The Labute approximate surface area is 95.2 Å². The first-order chi connectivity index (χ1) is 6.13. The fourth-order valence-electron chi connectivity index (χ4n) is 0.940. The summed E-state index contributed by atoms with van der Waals surface area (Å²) in [7, 11) is 0. The molecule has 1 unspecified atom stereocenters. The van der Waals surface area contributed by atoms with Crippen molar-refractivity contribution in [2.24, 2.45) is 0 Å². The molecule has 0 saturated carbocycles. The molecule has 0 aliphatic heterocycles. The average molecular weight is 282 g/mol. The van der Waals surface area contributed by atoms with Crippen LogP contribution >= 0.6 is 39.1 Å². The molecule has 0 spiro atoms. The van der Waals surface area contributed by atoms with Gasteiger partial charge in [-0.15, -0.1) is 11.6 Å². The topological polar surface area (TPSA) is 17.1 Å². The maximum atomic E-state index is 10.3. The predicted octanol–water partition coefficient (Wildman–Crippen LogP) is 3.45. The molecule has 0 radical (unpaired) electrons. The second-order valence-corrected chi connectivity index (χ2v) is 4.43. The van der Waals surface area contributed by atoms with Gasteiger partial charge in [-0.05, 0) is 40.0 Å². The zero-order valence-corrected chi connectivity index (χ0v) is 9.73. The van der Waals surface area contributed by atoms with E-state index in [0.29, 0.717) is 11.4 Å². The highest BCUT2D eigenvalue weighted by atomic mass is 79.9. The third kappa shape index (κ3) is 3.29. The summed E-state index contributed by atoms with van der Waals surface area (Å²) >= 11 is 14.8. The van der Waals surface area contributed by atoms with Crippen molar-refractivity contribution in [1.82, 2.24) is 0 Å². The van der Waals surface area contributed by atoms with Crippen molar-refractivity contribution in [3.8, 4) is 0 Å². The normalized spacial score (nSPS) is 12.5. The van der Waals surface area contributed by atoms with Crippen LogP contribution in [0.5, 0.6) is 0 Å². The first kappa shape index (κ1) is 11.0. The van der Waals surface area contributed by atoms with Gasteiger partial charge in [0.1, 0.15) is 6.29 Å². The van der Waals surface area contributed by atoms with E-state index in [0.717, 1.165) is 16.3 Å². The number of aldehydes is 1. The summed E-state index contributed by atoms with van der Waals surface area (Å²) in [4.78, 5) is 10.3. The van der Waals surface area contributed by atoms with Crippen LogP contribution in [-0.2, 0) is 11.2 Å². The van der Waals surface area contributed by atoms with Gasteiger partial charge < -0.3 is 4.79 Å². The first-order valence-electron chi connectivity index (χ1n) is 3.67. The molecule has 0 N–H and O–H groups in total. The predicted molar refractivity (Wildman–Crippen MR) is 58.6 cm³/mol. The maximum absolute atomic E-state index is 10.3. The van der Waals surface area contributed by atoms with Crippen molar-refractivity contribution in [3.63, 3.8) is 0 Å². The van der Waals surface area contributed by atoms with E-state index >= 15 is 0 Å². The minimum absolute atomic E-state index is 0.475. The van der Waals surface area contributed by atoms with Crippen LogP contribution in [0.25, 0.3) is 0 Å². The summed E-state index contributed by atoms with van der Waals surface area (Å²) in [5.41, 5.74) is 0.959. The molecule has 0 amide bonds. The van der Waals surface area contributed by atoms with Gasteiger partial charge >= 0.3 is 0 Å². The monoisotopic (exact) mass is 280 g/mol. The quantitative estimate of drug-likeness (QED) is 0.613. The lowest BCUT2D eigenvalue weighted by Gasteiger charge is -2.03. The largest absolute Gasteiger partial charge is 0.302 e. The SMILES string of the molecule is O=CC(Cl)Cc1ccc(Br)c(Cl)c1. The Morgan fingerprint density at radius 1 is 1.54 bits per heavy atom. The van der Waals surface area contributed by atoms with Gasteiger partial charge in [0.05, 0.1) is 10.4 Å². The van der Waals surface area contributed by atoms with Crippen LogP contribution in [0, 0.1) is 0 Å². The van der Waals surface area contributed by atoms with Crippen molar-refractivity contribution >= 4 is 45.4 Å². The molecule has 0 heterocycles. The van der Waals surface area contributed by atoms with Crippen LogP contribution in [0.15, 0.2) is 22.7 Å². The number of hydrogen-bond donors (Lipinski definition) is 0. The van der Waals surface area contributed by atoms with Gasteiger partial charge in [0, 0.05) is 4.47 Å². The number of rotatable bonds is 3. The van der Waals surface area contributed by atoms with Crippen LogP contribution in [0.2, 0.25) is 5.02 Å². The number of carbonyl (C=O) groups is 1. The average Bonchev–Trinajstić information content (AvgIpc) is 2.11. The van der Waals surface area contributed by atoms with Crippen molar-refractivity contribution in [3.05, 3.63) is 33.3 Å². The summed E-state index contributed by atoms with van der Waals surface area (Å²) in [6.07, 6.45) is 1.23. The number of halogens is 3. The highest BCUT2D eigenvalue weighted by molar-refractivity contribution is 9.10. The number of alkyl halides is 1. The Bertz CT molecular complexity index is 314. The Morgan fingerprint density at radius 3 is 2.77 bits per heavy atom. The van der Waals surface area contributed by atoms with Gasteiger partial charge in [0.2, 0.25) is 0 Å². The number of benzene rings is 1. The fourth-order valence-corrected chi connectivity index (χ4v) is 1.57. The van der Waals surface area contributed by atoms with Crippen molar-refractivity contribution in [2.45, 2.75) is 11.8 Å². The summed E-state index contributed by atoms with van der Waals surface area (Å²) in [6, 6.07) is 5.52. The summed E-state index contributed by atoms with van der Waals surface area (Å²) < 4.78 is 0.843. The van der Waals surface area contributed by atoms with E-state index in [-0.39, 0.29) is 0 Å². The minimum atomic E-state index is -0.475. The molecule has 0 bridgehead atoms. The second kappa shape index (κ2) is 4.99. The van der Waals surface area contributed by atoms with Gasteiger partial charge in [-0.3, -0.25) is 0 Å². The fraction of sp³-hybridized carbons (Fsp3) is 0.222. The molecular formula is C9H7BrCl2O. The summed E-state index contributed by atoms with van der Waals surface area (Å²) in [5.74, 6) is 0. The Balaban J connectivity index is 2.79. The molecule has 0 aromatic heterocycles. The van der Waals surface area contributed by atoms with E-state index in [9.17, 15) is 4.79 Å². The first-order valence-corrected chi connectivity index (χ1v) is 5.27. The summed E-state index contributed by atoms with van der Waals surface area (Å²) in [6.45, 7) is 0. The van der Waals surface area contributed by atoms with Gasteiger partial charge in [0.15, 0.2) is 0 Å². The number of hydrogen-bond acceptors (Lipinski definition) is 1. The van der Waals surface area contributed by atoms with Gasteiger partial charge in [-0.1, -0.05) is 17.7 Å². The Hall–Kier alpha value is -0.0500. The van der Waals surface area contributed by atoms with E-state index in [1.54, 1.807) is 6.07 Å². The molecule has 4 heteroatoms. The highest BCUT2D eigenvalue weighted by Gasteiger charge is 2.05. The highest BCUT2D eigenvalue weighted by Crippen LogP contribution is 2.23. The van der Waals surface area contributed by atoms with E-state index in [1.165, 1.54) is 0 Å². The molecular weight excluding hydrogens is 275 g/mol. The van der Waals surface area contributed by atoms with Gasteiger partial charge in [-0.25, -0.2) is 0 Å². The van der Waals surface area contributed by atoms with Gasteiger partial charge in [0.25, 0.3) is 0 Å². The molecule has 1 rings (SSSR count). The lowest BCUT2D eigenvalue weighted by atomic mass is 10.1. The lowest BCUT2D eigenvalue weighted by molar-refractivity contribution is -0.107. The molecule has 13 heavy (non-hydrogen) atoms. The second-order valence-electron chi connectivity index (χ2n) is 2.60. The van der Waals surface area contributed by atoms with Crippen LogP contribution < -0.4 is 0 Å². The molecule has 1 aromatic rings. The molecule has 1 aromatic carbocycles. The minimum Gasteiger partial charge on any atom is -0.302 e. The Morgan fingerprint density at radius 2 is 2.23 bits per heavy atom. The standard InChI is InChI=1S/C9H7BrCl2O/c10-8-2-1-6(4-9(8)12)3-7(11)5-13/h1-2,4-5,7H,3H2. The van der Waals surface area contributed by atoms with Gasteiger partial charge in [-0.2, -0.15) is 0 Å². The zero-order chi connectivity index (χ0) is 9.84. The smallest absolute Gasteiger partial charge is 0.138 e. The van der Waals surface area contributed by atoms with Crippen LogP contribution in [0.1, 0.15) is 5.56 Å². The third-order valence-corrected chi connectivity index (χ3v) is 3.05. The van der Waals surface area contributed by atoms with Crippen LogP contribution in [-0.4, -0.2) is 11.7 Å². The zero-order valence-electron chi connectivity index (χ0n) is 6.64.